The molecule has 0 amide bonds. The molecule has 25 heavy (non-hydrogen) atoms. The molecule has 2 bridgehead atoms. The molecule has 0 saturated carbocycles. The Bertz CT molecular complexity index is 868. The molecule has 1 N–H and O–H groups in total. The van der Waals surface area contributed by atoms with Crippen molar-refractivity contribution in [3.05, 3.63) is 47.7 Å². The summed E-state index contributed by atoms with van der Waals surface area (Å²) in [7, 11) is 0. The van der Waals surface area contributed by atoms with Crippen molar-refractivity contribution in [2.75, 3.05) is 0 Å². The summed E-state index contributed by atoms with van der Waals surface area (Å²) in [5, 5.41) is 22.3. The lowest BCUT2D eigenvalue weighted by atomic mass is 10.0. The average molecular weight is 330 g/mol. The first kappa shape index (κ1) is 15.6. The summed E-state index contributed by atoms with van der Waals surface area (Å²) in [5.74, 6) is 0.676. The number of hydrogen-bond acceptors (Lipinski definition) is 5. The summed E-state index contributed by atoms with van der Waals surface area (Å²) in [4.78, 5) is 4.32. The Morgan fingerprint density at radius 3 is 2.60 bits per heavy atom. The number of ether oxygens (including phenoxy) is 1. The summed E-state index contributed by atoms with van der Waals surface area (Å²) in [6.07, 6.45) is 6.24. The van der Waals surface area contributed by atoms with Gasteiger partial charge in [-0.05, 0) is 56.0 Å². The predicted molar refractivity (Wildman–Crippen MR) is 92.7 cm³/mol. The van der Waals surface area contributed by atoms with E-state index in [1.54, 1.807) is 30.5 Å². The number of pyridine rings is 1. The number of fused-ring (bicyclic) bond motifs is 2. The van der Waals surface area contributed by atoms with Gasteiger partial charge in [0, 0.05) is 23.8 Å². The molecule has 2 fully saturated rings. The number of benzene rings is 1. The molecule has 124 valence electrons. The maximum Gasteiger partial charge on any atom is 0.121 e. The summed E-state index contributed by atoms with van der Waals surface area (Å²) in [5.41, 5.74) is 2.32. The van der Waals surface area contributed by atoms with E-state index in [-0.39, 0.29) is 6.10 Å². The second-order valence-electron chi connectivity index (χ2n) is 6.72. The van der Waals surface area contributed by atoms with Crippen molar-refractivity contribution in [3.63, 3.8) is 0 Å². The van der Waals surface area contributed by atoms with Gasteiger partial charge < -0.3 is 10.1 Å². The van der Waals surface area contributed by atoms with E-state index in [0.29, 0.717) is 34.7 Å². The van der Waals surface area contributed by atoms with Gasteiger partial charge in [-0.3, -0.25) is 4.98 Å². The lowest BCUT2D eigenvalue weighted by molar-refractivity contribution is 0.137. The minimum atomic E-state index is 0.166. The van der Waals surface area contributed by atoms with Gasteiger partial charge in [-0.1, -0.05) is 0 Å². The Labute approximate surface area is 146 Å². The molecule has 1 aromatic heterocycles. The molecule has 1 aromatic carbocycles. The molecule has 2 aliphatic rings. The Morgan fingerprint density at radius 2 is 1.88 bits per heavy atom. The van der Waals surface area contributed by atoms with Crippen molar-refractivity contribution >= 4 is 0 Å². The van der Waals surface area contributed by atoms with Crippen molar-refractivity contribution in [2.24, 2.45) is 0 Å². The molecule has 5 nitrogen and oxygen atoms in total. The van der Waals surface area contributed by atoms with Crippen molar-refractivity contribution in [3.8, 4) is 29.1 Å². The molecule has 5 heteroatoms. The van der Waals surface area contributed by atoms with E-state index < -0.39 is 0 Å². The minimum Gasteiger partial charge on any atom is -0.490 e. The zero-order valence-corrected chi connectivity index (χ0v) is 13.8. The van der Waals surface area contributed by atoms with Crippen LogP contribution < -0.4 is 10.1 Å². The largest absolute Gasteiger partial charge is 0.490 e. The lowest BCUT2D eigenvalue weighted by Crippen LogP contribution is -2.42. The third kappa shape index (κ3) is 3.20. The molecule has 0 unspecified atom stereocenters. The topological polar surface area (TPSA) is 81.7 Å². The van der Waals surface area contributed by atoms with E-state index in [9.17, 15) is 10.5 Å². The molecule has 3 heterocycles. The van der Waals surface area contributed by atoms with Crippen molar-refractivity contribution in [2.45, 2.75) is 43.9 Å². The van der Waals surface area contributed by atoms with Gasteiger partial charge in [0.05, 0.1) is 22.9 Å². The van der Waals surface area contributed by atoms with Gasteiger partial charge in [-0.15, -0.1) is 0 Å². The van der Waals surface area contributed by atoms with Crippen molar-refractivity contribution in [1.82, 2.24) is 10.3 Å². The third-order valence-electron chi connectivity index (χ3n) is 4.97. The zero-order valence-electron chi connectivity index (χ0n) is 13.8. The van der Waals surface area contributed by atoms with Crippen LogP contribution in [0.4, 0.5) is 0 Å². The van der Waals surface area contributed by atoms with Crippen LogP contribution in [0, 0.1) is 22.7 Å². The van der Waals surface area contributed by atoms with E-state index in [1.165, 1.54) is 12.8 Å². The molecule has 2 saturated heterocycles. The number of nitriles is 2. The number of nitrogens with one attached hydrogen (secondary N) is 1. The van der Waals surface area contributed by atoms with E-state index in [1.807, 2.05) is 6.07 Å². The lowest BCUT2D eigenvalue weighted by Gasteiger charge is -2.29. The number of rotatable bonds is 3. The van der Waals surface area contributed by atoms with Crippen LogP contribution in [0.1, 0.15) is 36.8 Å². The molecule has 2 aromatic rings. The van der Waals surface area contributed by atoms with Gasteiger partial charge >= 0.3 is 0 Å². The molecule has 4 rings (SSSR count). The van der Waals surface area contributed by atoms with Gasteiger partial charge in [0.1, 0.15) is 17.9 Å². The molecule has 0 aliphatic carbocycles. The highest BCUT2D eigenvalue weighted by atomic mass is 16.5. The number of nitrogens with zero attached hydrogens (tertiary/aromatic N) is 3. The average Bonchev–Trinajstić information content (AvgIpc) is 2.99. The summed E-state index contributed by atoms with van der Waals surface area (Å²) in [6.45, 7) is 0. The summed E-state index contributed by atoms with van der Waals surface area (Å²) < 4.78 is 6.21. The second-order valence-corrected chi connectivity index (χ2v) is 6.72. The van der Waals surface area contributed by atoms with Gasteiger partial charge in [-0.2, -0.15) is 10.5 Å². The quantitative estimate of drug-likeness (QED) is 0.935. The van der Waals surface area contributed by atoms with E-state index >= 15 is 0 Å². The Hall–Kier alpha value is -2.89. The summed E-state index contributed by atoms with van der Waals surface area (Å²) in [6, 6.07) is 14.3. The Morgan fingerprint density at radius 1 is 1.08 bits per heavy atom. The predicted octanol–water partition coefficient (Wildman–Crippen LogP) is 3.15. The second kappa shape index (κ2) is 6.55. The molecular formula is C20H18N4O. The minimum absolute atomic E-state index is 0.166. The van der Waals surface area contributed by atoms with E-state index in [4.69, 9.17) is 4.74 Å². The van der Waals surface area contributed by atoms with Crippen LogP contribution >= 0.6 is 0 Å². The molecular weight excluding hydrogens is 312 g/mol. The van der Waals surface area contributed by atoms with E-state index in [2.05, 4.69) is 22.4 Å². The normalized spacial score (nSPS) is 24.3. The van der Waals surface area contributed by atoms with Gasteiger partial charge in [0.15, 0.2) is 0 Å². The van der Waals surface area contributed by atoms with Crippen LogP contribution in [0.15, 0.2) is 36.5 Å². The highest BCUT2D eigenvalue weighted by molar-refractivity contribution is 5.69. The molecule has 2 aliphatic heterocycles. The monoisotopic (exact) mass is 330 g/mol. The fourth-order valence-corrected chi connectivity index (χ4v) is 3.89. The Balaban J connectivity index is 1.65. The van der Waals surface area contributed by atoms with E-state index in [0.717, 1.165) is 18.4 Å². The highest BCUT2D eigenvalue weighted by Gasteiger charge is 2.34. The fraction of sp³-hybridized carbons (Fsp3) is 0.350. The van der Waals surface area contributed by atoms with Crippen LogP contribution in [0.2, 0.25) is 0 Å². The van der Waals surface area contributed by atoms with Gasteiger partial charge in [-0.25, -0.2) is 0 Å². The first-order valence-electron chi connectivity index (χ1n) is 8.58. The van der Waals surface area contributed by atoms with Crippen molar-refractivity contribution in [1.29, 1.82) is 10.5 Å². The number of hydrogen-bond donors (Lipinski definition) is 1. The standard InChI is InChI=1S/C20H18N4O/c21-11-13-6-15(20-14(12-22)2-1-5-23-20)8-18(7-13)25-19-9-16-3-4-17(10-19)24-16/h1-2,5-8,16-17,19,24H,3-4,9-10H2/t16-,17+,19-. The molecule has 0 spiro atoms. The first-order valence-corrected chi connectivity index (χ1v) is 8.58. The van der Waals surface area contributed by atoms with Crippen LogP contribution in [-0.4, -0.2) is 23.2 Å². The van der Waals surface area contributed by atoms with Crippen molar-refractivity contribution < 1.29 is 4.74 Å². The fourth-order valence-electron chi connectivity index (χ4n) is 3.89. The maximum atomic E-state index is 9.36. The first-order chi connectivity index (χ1) is 12.2. The number of piperidine rings is 1. The maximum absolute atomic E-state index is 9.36. The Kier molecular flexibility index (Phi) is 4.09. The smallest absolute Gasteiger partial charge is 0.121 e. The molecule has 0 radical (unpaired) electrons. The number of aromatic nitrogens is 1. The van der Waals surface area contributed by atoms with Crippen LogP contribution in [-0.2, 0) is 0 Å². The van der Waals surface area contributed by atoms with Gasteiger partial charge in [0.2, 0.25) is 0 Å². The van der Waals surface area contributed by atoms with Crippen LogP contribution in [0.25, 0.3) is 11.3 Å². The molecule has 3 atom stereocenters. The summed E-state index contributed by atoms with van der Waals surface area (Å²) >= 11 is 0. The van der Waals surface area contributed by atoms with Crippen LogP contribution in [0.5, 0.6) is 5.75 Å². The third-order valence-corrected chi connectivity index (χ3v) is 4.97. The van der Waals surface area contributed by atoms with Gasteiger partial charge in [0.25, 0.3) is 0 Å². The zero-order chi connectivity index (χ0) is 17.2. The highest BCUT2D eigenvalue weighted by Crippen LogP contribution is 2.32. The SMILES string of the molecule is N#Cc1cc(O[C@@H]2C[C@H]3CC[C@@H](C2)N3)cc(-c2ncccc2C#N)c1. The van der Waals surface area contributed by atoms with Crippen LogP contribution in [0.3, 0.4) is 0 Å².